The lowest BCUT2D eigenvalue weighted by molar-refractivity contribution is 0.414. The summed E-state index contributed by atoms with van der Waals surface area (Å²) in [6.07, 6.45) is 1.68. The van der Waals surface area contributed by atoms with Crippen LogP contribution < -0.4 is 9.46 Å². The van der Waals surface area contributed by atoms with Crippen molar-refractivity contribution in [3.05, 3.63) is 53.5 Å². The Morgan fingerprint density at radius 2 is 2.00 bits per heavy atom. The van der Waals surface area contributed by atoms with Crippen molar-refractivity contribution < 1.29 is 13.2 Å². The second-order valence-electron chi connectivity index (χ2n) is 5.17. The smallest absolute Gasteiger partial charge is 0.250 e. The first-order chi connectivity index (χ1) is 11.5. The minimum absolute atomic E-state index is 0.227. The molecule has 0 saturated carbocycles. The van der Waals surface area contributed by atoms with Gasteiger partial charge in [0.25, 0.3) is 0 Å². The number of hydrogen-bond donors (Lipinski definition) is 1. The highest BCUT2D eigenvalue weighted by Crippen LogP contribution is 2.28. The van der Waals surface area contributed by atoms with Gasteiger partial charge < -0.3 is 4.74 Å². The molecule has 0 aliphatic carbocycles. The quantitative estimate of drug-likeness (QED) is 0.731. The molecule has 0 amide bonds. The van der Waals surface area contributed by atoms with Crippen LogP contribution in [0.25, 0.3) is 11.3 Å². The van der Waals surface area contributed by atoms with Gasteiger partial charge in [0.05, 0.1) is 12.8 Å². The molecular weight excluding hydrogens is 346 g/mol. The molecule has 8 heteroatoms. The molecular formula is C16H17N3O3S2. The third-order valence-corrected chi connectivity index (χ3v) is 6.42. The van der Waals surface area contributed by atoms with E-state index in [2.05, 4.69) is 9.82 Å². The molecule has 24 heavy (non-hydrogen) atoms. The third-order valence-electron chi connectivity index (χ3n) is 3.58. The van der Waals surface area contributed by atoms with Gasteiger partial charge >= 0.3 is 0 Å². The molecule has 2 aromatic heterocycles. The Kier molecular flexibility index (Phi) is 4.70. The lowest BCUT2D eigenvalue weighted by Gasteiger charge is -2.06. The van der Waals surface area contributed by atoms with E-state index in [0.29, 0.717) is 0 Å². The highest BCUT2D eigenvalue weighted by atomic mass is 32.2. The third kappa shape index (κ3) is 3.50. The predicted octanol–water partition coefficient (Wildman–Crippen LogP) is 2.64. The zero-order chi connectivity index (χ0) is 17.2. The topological polar surface area (TPSA) is 73.2 Å². The first-order valence-corrected chi connectivity index (χ1v) is 9.55. The van der Waals surface area contributed by atoms with Crippen LogP contribution in [0.1, 0.15) is 5.56 Å². The van der Waals surface area contributed by atoms with Gasteiger partial charge in [-0.2, -0.15) is 5.10 Å². The van der Waals surface area contributed by atoms with Crippen LogP contribution >= 0.6 is 11.3 Å². The van der Waals surface area contributed by atoms with E-state index in [1.807, 2.05) is 30.6 Å². The molecule has 0 saturated heterocycles. The number of rotatable bonds is 6. The average Bonchev–Trinajstić information content (AvgIpc) is 3.22. The second-order valence-corrected chi connectivity index (χ2v) is 8.07. The van der Waals surface area contributed by atoms with Gasteiger partial charge in [0, 0.05) is 30.7 Å². The maximum Gasteiger partial charge on any atom is 0.250 e. The summed E-state index contributed by atoms with van der Waals surface area (Å²) in [7, 11) is -0.136. The second kappa shape index (κ2) is 6.76. The summed E-state index contributed by atoms with van der Waals surface area (Å²) < 4.78 is 34.6. The number of hydrogen-bond acceptors (Lipinski definition) is 5. The Balaban J connectivity index is 1.73. The number of aryl methyl sites for hydroxylation is 1. The fraction of sp³-hybridized carbons (Fsp3) is 0.188. The molecule has 0 radical (unpaired) electrons. The Bertz CT molecular complexity index is 928. The number of benzene rings is 1. The Hall–Kier alpha value is -2.16. The van der Waals surface area contributed by atoms with Crippen molar-refractivity contribution in [2.75, 3.05) is 7.11 Å². The summed E-state index contributed by atoms with van der Waals surface area (Å²) in [5.41, 5.74) is 2.58. The van der Waals surface area contributed by atoms with Crippen molar-refractivity contribution in [1.82, 2.24) is 14.5 Å². The lowest BCUT2D eigenvalue weighted by atomic mass is 10.2. The normalized spacial score (nSPS) is 11.6. The fourth-order valence-corrected chi connectivity index (χ4v) is 4.48. The van der Waals surface area contributed by atoms with E-state index in [9.17, 15) is 8.42 Å². The molecule has 0 aliphatic rings. The van der Waals surface area contributed by atoms with Crippen LogP contribution in [0.4, 0.5) is 0 Å². The number of nitrogens with one attached hydrogen (secondary N) is 1. The number of nitrogens with zero attached hydrogens (tertiary/aromatic N) is 2. The zero-order valence-corrected chi connectivity index (χ0v) is 14.9. The summed E-state index contributed by atoms with van der Waals surface area (Å²) >= 11 is 1.19. The first-order valence-electron chi connectivity index (χ1n) is 7.19. The zero-order valence-electron chi connectivity index (χ0n) is 13.3. The maximum absolute atomic E-state index is 12.4. The van der Waals surface area contributed by atoms with E-state index in [1.165, 1.54) is 11.3 Å². The van der Waals surface area contributed by atoms with Crippen LogP contribution in [0.15, 0.2) is 52.2 Å². The van der Waals surface area contributed by atoms with Crippen molar-refractivity contribution in [3.8, 4) is 17.0 Å². The molecule has 0 fully saturated rings. The van der Waals surface area contributed by atoms with Crippen molar-refractivity contribution in [2.45, 2.75) is 10.8 Å². The van der Waals surface area contributed by atoms with Crippen LogP contribution in [0.3, 0.4) is 0 Å². The van der Waals surface area contributed by atoms with E-state index in [4.69, 9.17) is 4.74 Å². The first kappa shape index (κ1) is 16.7. The predicted molar refractivity (Wildman–Crippen MR) is 93.5 cm³/mol. The standard InChI is InChI=1S/C16H17N3O3S2/c1-19-15(7-8-17-19)13-9-16(23-11-13)24(20,21)18-10-12-3-5-14(22-2)6-4-12/h3-9,11,18H,10H2,1-2H3. The van der Waals surface area contributed by atoms with Crippen molar-refractivity contribution in [2.24, 2.45) is 7.05 Å². The minimum atomic E-state index is -3.55. The Labute approximate surface area is 144 Å². The van der Waals surface area contributed by atoms with Gasteiger partial charge in [-0.15, -0.1) is 11.3 Å². The fourth-order valence-electron chi connectivity index (χ4n) is 2.24. The average molecular weight is 363 g/mol. The Morgan fingerprint density at radius 3 is 2.62 bits per heavy atom. The summed E-state index contributed by atoms with van der Waals surface area (Å²) in [4.78, 5) is 0. The molecule has 0 spiro atoms. The molecule has 0 bridgehead atoms. The van der Waals surface area contributed by atoms with Crippen molar-refractivity contribution in [3.63, 3.8) is 0 Å². The molecule has 0 atom stereocenters. The molecule has 2 heterocycles. The molecule has 6 nitrogen and oxygen atoms in total. The number of sulfonamides is 1. The maximum atomic E-state index is 12.4. The molecule has 1 N–H and O–H groups in total. The van der Waals surface area contributed by atoms with Crippen molar-refractivity contribution >= 4 is 21.4 Å². The van der Waals surface area contributed by atoms with Gasteiger partial charge in [0.2, 0.25) is 10.0 Å². The van der Waals surface area contributed by atoms with Crippen molar-refractivity contribution in [1.29, 1.82) is 0 Å². The van der Waals surface area contributed by atoms with Crippen LogP contribution in [-0.2, 0) is 23.6 Å². The molecule has 0 unspecified atom stereocenters. The van der Waals surface area contributed by atoms with E-state index in [1.54, 1.807) is 36.2 Å². The van der Waals surface area contributed by atoms with Crippen LogP contribution in [0.2, 0.25) is 0 Å². The summed E-state index contributed by atoms with van der Waals surface area (Å²) in [5.74, 6) is 0.737. The van der Waals surface area contributed by atoms with Crippen LogP contribution in [0.5, 0.6) is 5.75 Å². The highest BCUT2D eigenvalue weighted by Gasteiger charge is 2.18. The van der Waals surface area contributed by atoms with E-state index in [-0.39, 0.29) is 10.8 Å². The van der Waals surface area contributed by atoms with Gasteiger partial charge in [0.15, 0.2) is 0 Å². The van der Waals surface area contributed by atoms with E-state index < -0.39 is 10.0 Å². The summed E-state index contributed by atoms with van der Waals surface area (Å²) in [6, 6.07) is 10.8. The number of thiophene rings is 1. The lowest BCUT2D eigenvalue weighted by Crippen LogP contribution is -2.22. The largest absolute Gasteiger partial charge is 0.497 e. The van der Waals surface area contributed by atoms with Gasteiger partial charge in [-0.25, -0.2) is 13.1 Å². The van der Waals surface area contributed by atoms with Gasteiger partial charge in [0.1, 0.15) is 9.96 Å². The Morgan fingerprint density at radius 1 is 1.25 bits per heavy atom. The molecule has 1 aromatic carbocycles. The molecule has 3 rings (SSSR count). The van der Waals surface area contributed by atoms with Gasteiger partial charge in [-0.3, -0.25) is 4.68 Å². The molecule has 126 valence electrons. The SMILES string of the molecule is COc1ccc(CNS(=O)(=O)c2cc(-c3ccnn3C)cs2)cc1. The molecule has 0 aliphatic heterocycles. The van der Waals surface area contributed by atoms with E-state index >= 15 is 0 Å². The van der Waals surface area contributed by atoms with Crippen LogP contribution in [0, 0.1) is 0 Å². The minimum Gasteiger partial charge on any atom is -0.497 e. The van der Waals surface area contributed by atoms with E-state index in [0.717, 1.165) is 22.6 Å². The van der Waals surface area contributed by atoms with Gasteiger partial charge in [-0.1, -0.05) is 12.1 Å². The number of ether oxygens (including phenoxy) is 1. The summed E-state index contributed by atoms with van der Waals surface area (Å²) in [5, 5.41) is 5.92. The van der Waals surface area contributed by atoms with Gasteiger partial charge in [-0.05, 0) is 29.8 Å². The summed E-state index contributed by atoms with van der Waals surface area (Å²) in [6.45, 7) is 0.227. The molecule has 3 aromatic rings. The monoisotopic (exact) mass is 363 g/mol. The van der Waals surface area contributed by atoms with Crippen LogP contribution in [-0.4, -0.2) is 25.3 Å². The number of aromatic nitrogens is 2. The number of methoxy groups -OCH3 is 1. The highest BCUT2D eigenvalue weighted by molar-refractivity contribution is 7.91.